The van der Waals surface area contributed by atoms with Gasteiger partial charge in [-0.15, -0.1) is 0 Å². The van der Waals surface area contributed by atoms with Gasteiger partial charge in [-0.25, -0.2) is 4.98 Å². The van der Waals surface area contributed by atoms with E-state index in [1.54, 1.807) is 6.92 Å². The molecule has 1 aromatic heterocycles. The van der Waals surface area contributed by atoms with Gasteiger partial charge in [-0.05, 0) is 13.8 Å². The lowest BCUT2D eigenvalue weighted by molar-refractivity contribution is -0.141. The zero-order chi connectivity index (χ0) is 15.4. The minimum Gasteiger partial charge on any atom is -0.393 e. The number of nitrogens with zero attached hydrogens (tertiary/aromatic N) is 2. The molecule has 114 valence electrons. The molecular formula is C11H17F3N4O2. The van der Waals surface area contributed by atoms with E-state index in [4.69, 9.17) is 5.11 Å². The van der Waals surface area contributed by atoms with Crippen molar-refractivity contribution in [1.82, 2.24) is 9.97 Å². The summed E-state index contributed by atoms with van der Waals surface area (Å²) >= 11 is 0. The monoisotopic (exact) mass is 294 g/mol. The number of halogens is 3. The second-order valence-electron chi connectivity index (χ2n) is 4.50. The van der Waals surface area contributed by atoms with Crippen LogP contribution in [0.3, 0.4) is 0 Å². The van der Waals surface area contributed by atoms with Gasteiger partial charge < -0.3 is 20.8 Å². The molecule has 0 fully saturated rings. The van der Waals surface area contributed by atoms with Crippen molar-refractivity contribution in [2.24, 2.45) is 0 Å². The molecule has 0 radical (unpaired) electrons. The summed E-state index contributed by atoms with van der Waals surface area (Å²) in [6.45, 7) is 2.74. The topological polar surface area (TPSA) is 90.3 Å². The van der Waals surface area contributed by atoms with Crippen LogP contribution < -0.4 is 10.6 Å². The molecule has 0 saturated carbocycles. The number of hydrogen-bond donors (Lipinski definition) is 4. The van der Waals surface area contributed by atoms with Crippen LogP contribution in [0.5, 0.6) is 0 Å². The molecule has 0 aromatic carbocycles. The van der Waals surface area contributed by atoms with Gasteiger partial charge in [0, 0.05) is 19.2 Å². The first kappa shape index (κ1) is 16.4. The predicted molar refractivity (Wildman–Crippen MR) is 67.4 cm³/mol. The normalized spacial score (nSPS) is 14.8. The van der Waals surface area contributed by atoms with Crippen LogP contribution in [0.25, 0.3) is 0 Å². The lowest BCUT2D eigenvalue weighted by Gasteiger charge is -2.21. The maximum atomic E-state index is 12.7. The maximum Gasteiger partial charge on any atom is 0.433 e. The summed E-state index contributed by atoms with van der Waals surface area (Å²) in [5, 5.41) is 23.6. The van der Waals surface area contributed by atoms with Crippen LogP contribution in [0.15, 0.2) is 6.07 Å². The first-order chi connectivity index (χ1) is 9.18. The molecular weight excluding hydrogens is 277 g/mol. The fraction of sp³-hybridized carbons (Fsp3) is 0.636. The third-order valence-corrected chi connectivity index (χ3v) is 2.34. The van der Waals surface area contributed by atoms with E-state index in [0.29, 0.717) is 6.54 Å². The van der Waals surface area contributed by atoms with Crippen molar-refractivity contribution in [2.45, 2.75) is 25.6 Å². The molecule has 0 aliphatic carbocycles. The van der Waals surface area contributed by atoms with Gasteiger partial charge in [0.1, 0.15) is 11.4 Å². The zero-order valence-electron chi connectivity index (χ0n) is 11.1. The van der Waals surface area contributed by atoms with Gasteiger partial charge >= 0.3 is 6.18 Å². The summed E-state index contributed by atoms with van der Waals surface area (Å²) in [5.74, 6) is -0.245. The van der Waals surface area contributed by atoms with Gasteiger partial charge in [-0.1, -0.05) is 0 Å². The second-order valence-corrected chi connectivity index (χ2v) is 4.50. The maximum absolute atomic E-state index is 12.7. The Morgan fingerprint density at radius 2 is 1.90 bits per heavy atom. The van der Waals surface area contributed by atoms with E-state index in [-0.39, 0.29) is 18.3 Å². The summed E-state index contributed by atoms with van der Waals surface area (Å²) in [5.41, 5.74) is -2.54. The Bertz CT molecular complexity index is 452. The van der Waals surface area contributed by atoms with Gasteiger partial charge in [0.2, 0.25) is 5.95 Å². The highest BCUT2D eigenvalue weighted by molar-refractivity contribution is 5.43. The quantitative estimate of drug-likeness (QED) is 0.628. The molecule has 0 amide bonds. The molecule has 1 heterocycles. The van der Waals surface area contributed by atoms with Crippen LogP contribution in [0.4, 0.5) is 24.9 Å². The highest BCUT2D eigenvalue weighted by Crippen LogP contribution is 2.29. The van der Waals surface area contributed by atoms with Crippen molar-refractivity contribution in [3.05, 3.63) is 11.8 Å². The fourth-order valence-electron chi connectivity index (χ4n) is 1.26. The summed E-state index contributed by atoms with van der Waals surface area (Å²) < 4.78 is 38.1. The van der Waals surface area contributed by atoms with Crippen molar-refractivity contribution >= 4 is 11.8 Å². The minimum atomic E-state index is -4.59. The van der Waals surface area contributed by atoms with E-state index in [1.165, 1.54) is 6.92 Å². The van der Waals surface area contributed by atoms with Crippen molar-refractivity contribution in [3.8, 4) is 0 Å². The Morgan fingerprint density at radius 3 is 2.40 bits per heavy atom. The average molecular weight is 294 g/mol. The third-order valence-electron chi connectivity index (χ3n) is 2.34. The van der Waals surface area contributed by atoms with Gasteiger partial charge in [0.25, 0.3) is 0 Å². The first-order valence-corrected chi connectivity index (χ1v) is 5.95. The molecule has 0 aliphatic rings. The standard InChI is InChI=1S/C11H17F3N4O2/c1-3-15-9-17-7(11(12,13)14)4-8(18-9)16-5-10(2,20)6-19/h4,19-20H,3,5-6H2,1-2H3,(H2,15,16,17,18). The van der Waals surface area contributed by atoms with Crippen LogP contribution in [0.2, 0.25) is 0 Å². The number of alkyl halides is 3. The average Bonchev–Trinajstić information content (AvgIpc) is 2.36. The second kappa shape index (κ2) is 6.23. The van der Waals surface area contributed by atoms with Crippen molar-refractivity contribution in [2.75, 3.05) is 30.3 Å². The number of nitrogens with one attached hydrogen (secondary N) is 2. The van der Waals surface area contributed by atoms with E-state index >= 15 is 0 Å². The van der Waals surface area contributed by atoms with E-state index in [2.05, 4.69) is 20.6 Å². The molecule has 1 aromatic rings. The van der Waals surface area contributed by atoms with Crippen LogP contribution in [0, 0.1) is 0 Å². The van der Waals surface area contributed by atoms with E-state index in [1.807, 2.05) is 0 Å². The summed E-state index contributed by atoms with van der Waals surface area (Å²) in [6, 6.07) is 0.744. The SMILES string of the molecule is CCNc1nc(NCC(C)(O)CO)cc(C(F)(F)F)n1. The molecule has 20 heavy (non-hydrogen) atoms. The Balaban J connectivity index is 2.97. The Hall–Kier alpha value is -1.61. The molecule has 0 saturated heterocycles. The Morgan fingerprint density at radius 1 is 1.25 bits per heavy atom. The van der Waals surface area contributed by atoms with Crippen molar-refractivity contribution in [3.63, 3.8) is 0 Å². The molecule has 1 unspecified atom stereocenters. The number of aliphatic hydroxyl groups excluding tert-OH is 1. The van der Waals surface area contributed by atoms with Gasteiger partial charge in [-0.2, -0.15) is 18.2 Å². The first-order valence-electron chi connectivity index (χ1n) is 5.95. The molecule has 1 atom stereocenters. The number of aromatic nitrogens is 2. The van der Waals surface area contributed by atoms with Crippen LogP contribution in [0.1, 0.15) is 19.5 Å². The largest absolute Gasteiger partial charge is 0.433 e. The van der Waals surface area contributed by atoms with Gasteiger partial charge in [0.05, 0.1) is 6.61 Å². The lowest BCUT2D eigenvalue weighted by Crippen LogP contribution is -2.37. The molecule has 0 spiro atoms. The molecule has 0 bridgehead atoms. The minimum absolute atomic E-state index is 0.0861. The van der Waals surface area contributed by atoms with E-state index < -0.39 is 24.1 Å². The third kappa shape index (κ3) is 4.82. The molecule has 4 N–H and O–H groups in total. The van der Waals surface area contributed by atoms with E-state index in [0.717, 1.165) is 6.07 Å². The number of hydrogen-bond acceptors (Lipinski definition) is 6. The highest BCUT2D eigenvalue weighted by atomic mass is 19.4. The smallest absolute Gasteiger partial charge is 0.393 e. The summed E-state index contributed by atoms with van der Waals surface area (Å²) in [4.78, 5) is 7.21. The fourth-order valence-corrected chi connectivity index (χ4v) is 1.26. The molecule has 6 nitrogen and oxygen atoms in total. The Labute approximate surface area is 114 Å². The summed E-state index contributed by atoms with van der Waals surface area (Å²) in [6.07, 6.45) is -4.59. The number of aliphatic hydroxyl groups is 2. The molecule has 0 aliphatic heterocycles. The highest BCUT2D eigenvalue weighted by Gasteiger charge is 2.34. The van der Waals surface area contributed by atoms with Crippen LogP contribution in [-0.4, -0.2) is 45.5 Å². The number of anilines is 2. The molecule has 9 heteroatoms. The van der Waals surface area contributed by atoms with Crippen LogP contribution >= 0.6 is 0 Å². The van der Waals surface area contributed by atoms with E-state index in [9.17, 15) is 18.3 Å². The molecule has 1 rings (SSSR count). The number of rotatable bonds is 6. The van der Waals surface area contributed by atoms with Crippen molar-refractivity contribution in [1.29, 1.82) is 0 Å². The Kier molecular flexibility index (Phi) is 5.12. The van der Waals surface area contributed by atoms with Crippen molar-refractivity contribution < 1.29 is 23.4 Å². The summed E-state index contributed by atoms with van der Waals surface area (Å²) in [7, 11) is 0. The van der Waals surface area contributed by atoms with Gasteiger partial charge in [-0.3, -0.25) is 0 Å². The predicted octanol–water partition coefficient (Wildman–Crippen LogP) is 1.08. The van der Waals surface area contributed by atoms with Crippen LogP contribution in [-0.2, 0) is 6.18 Å². The van der Waals surface area contributed by atoms with Gasteiger partial charge in [0.15, 0.2) is 5.69 Å². The zero-order valence-corrected chi connectivity index (χ0v) is 11.1. The lowest BCUT2D eigenvalue weighted by atomic mass is 10.1.